The van der Waals surface area contributed by atoms with Crippen molar-refractivity contribution in [2.24, 2.45) is 10.8 Å². The van der Waals surface area contributed by atoms with E-state index in [1.807, 2.05) is 6.07 Å². The number of aromatic nitrogens is 1. The van der Waals surface area contributed by atoms with Crippen molar-refractivity contribution in [1.29, 1.82) is 5.26 Å². The van der Waals surface area contributed by atoms with Crippen molar-refractivity contribution in [2.75, 3.05) is 20.3 Å². The van der Waals surface area contributed by atoms with Crippen LogP contribution in [0.25, 0.3) is 0 Å². The first-order chi connectivity index (χ1) is 14.8. The highest BCUT2D eigenvalue weighted by atomic mass is 79.9. The van der Waals surface area contributed by atoms with Gasteiger partial charge in [-0.15, -0.1) is 0 Å². The van der Waals surface area contributed by atoms with Crippen LogP contribution in [0.15, 0.2) is 33.8 Å². The maximum absolute atomic E-state index is 12.0. The van der Waals surface area contributed by atoms with Crippen molar-refractivity contribution in [3.63, 3.8) is 0 Å². The molecular formula is C20H20BrN5O5. The lowest BCUT2D eigenvalue weighted by atomic mass is 10.1. The fourth-order valence-corrected chi connectivity index (χ4v) is 2.77. The van der Waals surface area contributed by atoms with Crippen molar-refractivity contribution in [3.8, 4) is 17.7 Å². The summed E-state index contributed by atoms with van der Waals surface area (Å²) in [5, 5.41) is 13.3. The zero-order valence-corrected chi connectivity index (χ0v) is 18.4. The number of nitrogens with two attached hydrogens (primary N) is 1. The number of hydrazone groups is 1. The molecule has 2 amide bonds. The molecule has 1 aromatic carbocycles. The van der Waals surface area contributed by atoms with E-state index < -0.39 is 11.8 Å². The number of hydrogen-bond donors (Lipinski definition) is 2. The normalized spacial score (nSPS) is 10.5. The predicted octanol–water partition coefficient (Wildman–Crippen LogP) is 1.56. The van der Waals surface area contributed by atoms with Crippen LogP contribution in [-0.2, 0) is 20.9 Å². The van der Waals surface area contributed by atoms with Gasteiger partial charge in [0.2, 0.25) is 5.88 Å². The molecule has 0 aliphatic carbocycles. The van der Waals surface area contributed by atoms with Crippen LogP contribution in [0, 0.1) is 18.3 Å². The summed E-state index contributed by atoms with van der Waals surface area (Å²) < 4.78 is 16.4. The topological polar surface area (TPSA) is 149 Å². The van der Waals surface area contributed by atoms with E-state index in [4.69, 9.17) is 19.9 Å². The molecule has 0 fully saturated rings. The summed E-state index contributed by atoms with van der Waals surface area (Å²) in [6.45, 7) is 1.33. The summed E-state index contributed by atoms with van der Waals surface area (Å²) in [4.78, 5) is 26.9. The number of primary amides is 1. The van der Waals surface area contributed by atoms with Gasteiger partial charge in [-0.05, 0) is 52.7 Å². The maximum Gasteiger partial charge on any atom is 0.278 e. The van der Waals surface area contributed by atoms with Gasteiger partial charge in [-0.25, -0.2) is 10.4 Å². The second-order valence-corrected chi connectivity index (χ2v) is 6.91. The van der Waals surface area contributed by atoms with Crippen LogP contribution in [-0.4, -0.2) is 43.3 Å². The number of benzene rings is 1. The summed E-state index contributed by atoms with van der Waals surface area (Å²) in [6, 6.07) is 8.68. The van der Waals surface area contributed by atoms with Crippen molar-refractivity contribution in [3.05, 3.63) is 51.1 Å². The van der Waals surface area contributed by atoms with Gasteiger partial charge in [-0.2, -0.15) is 10.4 Å². The fourth-order valence-electron chi connectivity index (χ4n) is 2.36. The second kappa shape index (κ2) is 11.6. The Balaban J connectivity index is 1.94. The van der Waals surface area contributed by atoms with Gasteiger partial charge in [0.05, 0.1) is 18.5 Å². The second-order valence-electron chi connectivity index (χ2n) is 6.12. The quantitative estimate of drug-likeness (QED) is 0.379. The Bertz CT molecular complexity index is 1020. The minimum Gasteiger partial charge on any atom is -0.484 e. The molecule has 0 saturated carbocycles. The number of rotatable bonds is 10. The number of pyridine rings is 1. The molecule has 0 atom stereocenters. The third kappa shape index (κ3) is 7.06. The van der Waals surface area contributed by atoms with Crippen LogP contribution in [0.1, 0.15) is 22.4 Å². The van der Waals surface area contributed by atoms with E-state index >= 15 is 0 Å². The number of halogens is 1. The Labute approximate surface area is 187 Å². The van der Waals surface area contributed by atoms with Crippen LogP contribution in [0.5, 0.6) is 11.6 Å². The number of nitriles is 1. The van der Waals surface area contributed by atoms with Gasteiger partial charge in [0.25, 0.3) is 11.8 Å². The summed E-state index contributed by atoms with van der Waals surface area (Å²) >= 11 is 3.39. The van der Waals surface area contributed by atoms with Crippen molar-refractivity contribution < 1.29 is 23.8 Å². The highest BCUT2D eigenvalue weighted by Gasteiger charge is 2.18. The lowest BCUT2D eigenvalue weighted by Gasteiger charge is -2.13. The highest BCUT2D eigenvalue weighted by Crippen LogP contribution is 2.29. The molecule has 2 rings (SSSR count). The van der Waals surface area contributed by atoms with Gasteiger partial charge in [-0.1, -0.05) is 0 Å². The van der Waals surface area contributed by atoms with Crippen molar-refractivity contribution in [1.82, 2.24) is 10.4 Å². The number of nitrogens with one attached hydrogen (secondary N) is 1. The van der Waals surface area contributed by atoms with Crippen molar-refractivity contribution >= 4 is 34.0 Å². The number of nitrogens with zero attached hydrogens (tertiary/aromatic N) is 3. The first-order valence-electron chi connectivity index (χ1n) is 8.89. The summed E-state index contributed by atoms with van der Waals surface area (Å²) in [5.74, 6) is -0.578. The molecule has 162 valence electrons. The molecule has 2 aromatic rings. The van der Waals surface area contributed by atoms with Crippen LogP contribution in [0.3, 0.4) is 0 Å². The molecule has 0 aliphatic rings. The van der Waals surface area contributed by atoms with Crippen LogP contribution >= 0.6 is 15.9 Å². The number of ether oxygens (including phenoxy) is 3. The number of carbonyl (C=O) groups is 2. The Morgan fingerprint density at radius 2 is 2.00 bits per heavy atom. The molecule has 1 aromatic heterocycles. The zero-order chi connectivity index (χ0) is 22.8. The molecular weight excluding hydrogens is 470 g/mol. The minimum absolute atomic E-state index is 0.0425. The SMILES string of the molecule is COCc1c(Br)c(C)nc(OCC(=O)N/N=C/c2ccc(OCC(N)=O)cc2)c1C#N. The smallest absolute Gasteiger partial charge is 0.278 e. The van der Waals surface area contributed by atoms with E-state index in [1.165, 1.54) is 13.3 Å². The third-order valence-corrected chi connectivity index (χ3v) is 4.82. The van der Waals surface area contributed by atoms with E-state index in [-0.39, 0.29) is 31.3 Å². The molecule has 0 radical (unpaired) electrons. The summed E-state index contributed by atoms with van der Waals surface area (Å²) in [6.07, 6.45) is 1.43. The Kier molecular flexibility index (Phi) is 8.93. The summed E-state index contributed by atoms with van der Waals surface area (Å²) in [7, 11) is 1.51. The zero-order valence-electron chi connectivity index (χ0n) is 16.8. The molecule has 0 aliphatic heterocycles. The van der Waals surface area contributed by atoms with E-state index in [0.717, 1.165) is 0 Å². The Morgan fingerprint density at radius 3 is 2.61 bits per heavy atom. The predicted molar refractivity (Wildman–Crippen MR) is 114 cm³/mol. The maximum atomic E-state index is 12.0. The molecule has 0 spiro atoms. The van der Waals surface area contributed by atoms with Gasteiger partial charge < -0.3 is 19.9 Å². The van der Waals surface area contributed by atoms with Gasteiger partial charge >= 0.3 is 0 Å². The molecule has 10 nitrogen and oxygen atoms in total. The minimum atomic E-state index is -0.569. The van der Waals surface area contributed by atoms with Gasteiger partial charge in [0.15, 0.2) is 13.2 Å². The van der Waals surface area contributed by atoms with Crippen LogP contribution < -0.4 is 20.6 Å². The molecule has 0 bridgehead atoms. The largest absolute Gasteiger partial charge is 0.484 e. The number of methoxy groups -OCH3 is 1. The monoisotopic (exact) mass is 489 g/mol. The molecule has 3 N–H and O–H groups in total. The lowest BCUT2D eigenvalue weighted by Crippen LogP contribution is -2.25. The standard InChI is InChI=1S/C20H20BrN5O5/c1-12-19(21)16(9-29-2)15(7-22)20(25-12)31-11-18(28)26-24-8-13-3-5-14(6-4-13)30-10-17(23)27/h3-6,8H,9-11H2,1-2H3,(H2,23,27)(H,26,28)/b24-8+. The number of hydrogen-bond acceptors (Lipinski definition) is 8. The first kappa shape index (κ1) is 23.8. The van der Waals surface area contributed by atoms with Gasteiger partial charge in [0.1, 0.15) is 17.4 Å². The van der Waals surface area contributed by atoms with Gasteiger partial charge in [0, 0.05) is 17.1 Å². The Morgan fingerprint density at radius 1 is 1.29 bits per heavy atom. The van der Waals surface area contributed by atoms with Crippen LogP contribution in [0.2, 0.25) is 0 Å². The number of amides is 2. The third-order valence-electron chi connectivity index (χ3n) is 3.77. The van der Waals surface area contributed by atoms with E-state index in [2.05, 4.69) is 31.4 Å². The molecule has 31 heavy (non-hydrogen) atoms. The molecule has 1 heterocycles. The highest BCUT2D eigenvalue weighted by molar-refractivity contribution is 9.10. The van der Waals surface area contributed by atoms with Crippen molar-refractivity contribution in [2.45, 2.75) is 13.5 Å². The fraction of sp³-hybridized carbons (Fsp3) is 0.250. The molecule has 11 heteroatoms. The van der Waals surface area contributed by atoms with E-state index in [0.29, 0.717) is 27.0 Å². The lowest BCUT2D eigenvalue weighted by molar-refractivity contribution is -0.123. The van der Waals surface area contributed by atoms with Gasteiger partial charge in [-0.3, -0.25) is 9.59 Å². The average Bonchev–Trinajstić information content (AvgIpc) is 2.75. The van der Waals surface area contributed by atoms with E-state index in [1.54, 1.807) is 31.2 Å². The Hall–Kier alpha value is -3.49. The molecule has 0 saturated heterocycles. The number of aryl methyl sites for hydroxylation is 1. The first-order valence-corrected chi connectivity index (χ1v) is 9.68. The van der Waals surface area contributed by atoms with E-state index in [9.17, 15) is 14.9 Å². The molecule has 0 unspecified atom stereocenters. The van der Waals surface area contributed by atoms with Crippen LogP contribution in [0.4, 0.5) is 0 Å². The number of carbonyl (C=O) groups excluding carboxylic acids is 2. The summed E-state index contributed by atoms with van der Waals surface area (Å²) in [5.41, 5.74) is 9.41. The average molecular weight is 490 g/mol.